The van der Waals surface area contributed by atoms with E-state index in [-0.39, 0.29) is 5.91 Å². The van der Waals surface area contributed by atoms with Crippen molar-refractivity contribution in [3.63, 3.8) is 0 Å². The number of rotatable bonds is 9. The van der Waals surface area contributed by atoms with Crippen molar-refractivity contribution in [1.82, 2.24) is 25.4 Å². The zero-order valence-electron chi connectivity index (χ0n) is 21.6. The van der Waals surface area contributed by atoms with Crippen LogP contribution in [0.15, 0.2) is 27.9 Å². The minimum absolute atomic E-state index is 0.100. The van der Waals surface area contributed by atoms with Crippen molar-refractivity contribution >= 4 is 34.8 Å². The number of nitriles is 1. The number of guanidine groups is 1. The molecule has 1 amide bonds. The highest BCUT2D eigenvalue weighted by atomic mass is 35.5. The van der Waals surface area contributed by atoms with Crippen LogP contribution in [0.5, 0.6) is 0 Å². The van der Waals surface area contributed by atoms with Crippen molar-refractivity contribution in [3.05, 3.63) is 50.4 Å². The van der Waals surface area contributed by atoms with Crippen LogP contribution in [0.1, 0.15) is 60.3 Å². The van der Waals surface area contributed by atoms with E-state index in [9.17, 15) is 10.1 Å². The third-order valence-electron chi connectivity index (χ3n) is 6.70. The third kappa shape index (κ3) is 7.42. The third-order valence-corrected chi connectivity index (χ3v) is 7.63. The second-order valence-electron chi connectivity index (χ2n) is 9.21. The number of nitrogens with zero attached hydrogens (tertiary/aromatic N) is 5. The lowest BCUT2D eigenvalue weighted by atomic mass is 10.0. The van der Waals surface area contributed by atoms with Gasteiger partial charge in [-0.1, -0.05) is 11.6 Å². The molecule has 194 valence electrons. The number of amides is 1. The summed E-state index contributed by atoms with van der Waals surface area (Å²) in [7, 11) is 0. The van der Waals surface area contributed by atoms with Crippen LogP contribution in [-0.2, 0) is 6.54 Å². The van der Waals surface area contributed by atoms with E-state index in [1.165, 1.54) is 5.56 Å². The number of hydrogen-bond acceptors (Lipinski definition) is 6. The fourth-order valence-electron chi connectivity index (χ4n) is 4.80. The molecule has 0 saturated carbocycles. The Balaban J connectivity index is 1.53. The van der Waals surface area contributed by atoms with E-state index in [0.29, 0.717) is 47.5 Å². The molecule has 36 heavy (non-hydrogen) atoms. The molecule has 1 saturated heterocycles. The fourth-order valence-corrected chi connectivity index (χ4v) is 5.75. The number of thiophene rings is 1. The van der Waals surface area contributed by atoms with E-state index >= 15 is 0 Å². The Morgan fingerprint density at radius 3 is 2.75 bits per heavy atom. The van der Waals surface area contributed by atoms with Crippen LogP contribution in [0.2, 0.25) is 5.15 Å². The van der Waals surface area contributed by atoms with Crippen molar-refractivity contribution in [2.45, 2.75) is 65.6 Å². The number of likely N-dealkylation sites (tertiary alicyclic amines) is 1. The van der Waals surface area contributed by atoms with Gasteiger partial charge in [0.2, 0.25) is 12.2 Å². The molecular weight excluding hydrogens is 494 g/mol. The monoisotopic (exact) mass is 529 g/mol. The Hall–Kier alpha value is -2.67. The van der Waals surface area contributed by atoms with Crippen molar-refractivity contribution < 1.29 is 4.79 Å². The number of aliphatic imine (C=N–C) groups is 1. The SMILES string of the molecule is CCN/C(=N\C#N)N(Cc1ccsc1)C1CCN([C@H](C)CCNC(=O)c2c(C)cc(Cl)nc2C)CC1. The van der Waals surface area contributed by atoms with Crippen molar-refractivity contribution in [2.24, 2.45) is 4.99 Å². The zero-order chi connectivity index (χ0) is 26.1. The van der Waals surface area contributed by atoms with Gasteiger partial charge in [-0.3, -0.25) is 4.79 Å². The molecule has 0 bridgehead atoms. The molecule has 0 aliphatic carbocycles. The van der Waals surface area contributed by atoms with Crippen molar-refractivity contribution in [3.8, 4) is 6.19 Å². The summed E-state index contributed by atoms with van der Waals surface area (Å²) in [5, 5.41) is 20.2. The molecule has 2 N–H and O–H groups in total. The highest BCUT2D eigenvalue weighted by molar-refractivity contribution is 7.07. The van der Waals surface area contributed by atoms with Crippen LogP contribution < -0.4 is 10.6 Å². The molecule has 1 aliphatic heterocycles. The number of aromatic nitrogens is 1. The molecule has 3 rings (SSSR count). The van der Waals surface area contributed by atoms with Gasteiger partial charge in [0.1, 0.15) is 5.15 Å². The average Bonchev–Trinajstić information content (AvgIpc) is 3.35. The highest BCUT2D eigenvalue weighted by Gasteiger charge is 2.29. The number of hydrogen-bond donors (Lipinski definition) is 2. The van der Waals surface area contributed by atoms with Gasteiger partial charge in [0.05, 0.1) is 11.3 Å². The van der Waals surface area contributed by atoms with E-state index < -0.39 is 0 Å². The van der Waals surface area contributed by atoms with Crippen LogP contribution in [0.4, 0.5) is 0 Å². The van der Waals surface area contributed by atoms with Gasteiger partial charge in [-0.05, 0) is 81.0 Å². The molecule has 10 heteroatoms. The smallest absolute Gasteiger partial charge is 0.253 e. The summed E-state index contributed by atoms with van der Waals surface area (Å²) < 4.78 is 0. The Bertz CT molecular complexity index is 1050. The lowest BCUT2D eigenvalue weighted by Crippen LogP contribution is -2.52. The molecule has 1 aliphatic rings. The summed E-state index contributed by atoms with van der Waals surface area (Å²) in [6, 6.07) is 4.51. The molecule has 8 nitrogen and oxygen atoms in total. The number of nitrogens with one attached hydrogen (secondary N) is 2. The number of carbonyl (C=O) groups is 1. The minimum Gasteiger partial charge on any atom is -0.356 e. The number of piperidine rings is 1. The summed E-state index contributed by atoms with van der Waals surface area (Å²) in [6.07, 6.45) is 4.81. The van der Waals surface area contributed by atoms with E-state index in [2.05, 4.69) is 54.2 Å². The molecule has 0 spiro atoms. The molecule has 2 aromatic rings. The van der Waals surface area contributed by atoms with Crippen LogP contribution >= 0.6 is 22.9 Å². The first-order valence-corrected chi connectivity index (χ1v) is 13.8. The number of halogens is 1. The summed E-state index contributed by atoms with van der Waals surface area (Å²) in [5.41, 5.74) is 3.33. The average molecular weight is 530 g/mol. The largest absolute Gasteiger partial charge is 0.356 e. The molecule has 0 unspecified atom stereocenters. The Kier molecular flexibility index (Phi) is 10.5. The van der Waals surface area contributed by atoms with Crippen LogP contribution in [0.25, 0.3) is 0 Å². The molecule has 0 radical (unpaired) electrons. The summed E-state index contributed by atoms with van der Waals surface area (Å²) in [5.74, 6) is 0.555. The zero-order valence-corrected chi connectivity index (χ0v) is 23.1. The maximum Gasteiger partial charge on any atom is 0.253 e. The predicted molar refractivity (Wildman–Crippen MR) is 146 cm³/mol. The lowest BCUT2D eigenvalue weighted by molar-refractivity contribution is 0.0934. The maximum atomic E-state index is 12.7. The second-order valence-corrected chi connectivity index (χ2v) is 10.4. The fraction of sp³-hybridized carbons (Fsp3) is 0.538. The summed E-state index contributed by atoms with van der Waals surface area (Å²) in [6.45, 7) is 11.9. The first-order valence-electron chi connectivity index (χ1n) is 12.5. The Labute approximate surface area is 223 Å². The number of aryl methyl sites for hydroxylation is 2. The van der Waals surface area contributed by atoms with Gasteiger partial charge in [-0.2, -0.15) is 16.6 Å². The van der Waals surface area contributed by atoms with Gasteiger partial charge >= 0.3 is 0 Å². The predicted octanol–water partition coefficient (Wildman–Crippen LogP) is 4.33. The van der Waals surface area contributed by atoms with Crippen LogP contribution in [-0.4, -0.2) is 64.9 Å². The molecule has 2 aromatic heterocycles. The van der Waals surface area contributed by atoms with Crippen LogP contribution in [0.3, 0.4) is 0 Å². The standard InChI is InChI=1S/C26H36ClN7OS/c1-5-29-26(31-17-28)34(15-21-9-13-36-16-21)22-7-11-33(12-8-22)19(3)6-10-30-25(35)24-18(2)14-23(27)32-20(24)4/h9,13-14,16,19,22H,5-8,10-12,15H2,1-4H3,(H,29,31)(H,30,35)/t19-/m1/s1. The number of carbonyl (C=O) groups excluding carboxylic acids is 1. The van der Waals surface area contributed by atoms with Crippen molar-refractivity contribution in [1.29, 1.82) is 5.26 Å². The van der Waals surface area contributed by atoms with Gasteiger partial charge < -0.3 is 20.4 Å². The quantitative estimate of drug-likeness (QED) is 0.217. The van der Waals surface area contributed by atoms with Gasteiger partial charge in [0.15, 0.2) is 0 Å². The minimum atomic E-state index is -0.100. The molecular formula is C26H36ClN7OS. The van der Waals surface area contributed by atoms with E-state index in [1.54, 1.807) is 17.4 Å². The lowest BCUT2D eigenvalue weighted by Gasteiger charge is -2.41. The maximum absolute atomic E-state index is 12.7. The first kappa shape index (κ1) is 27.9. The van der Waals surface area contributed by atoms with E-state index in [0.717, 1.165) is 44.5 Å². The molecule has 1 fully saturated rings. The second kappa shape index (κ2) is 13.6. The topological polar surface area (TPSA) is 96.6 Å². The van der Waals surface area contributed by atoms with Gasteiger partial charge in [-0.15, -0.1) is 4.99 Å². The first-order chi connectivity index (χ1) is 17.3. The number of pyridine rings is 1. The molecule has 1 atom stereocenters. The van der Waals surface area contributed by atoms with Crippen molar-refractivity contribution in [2.75, 3.05) is 26.2 Å². The van der Waals surface area contributed by atoms with E-state index in [1.807, 2.05) is 27.0 Å². The molecule has 0 aromatic carbocycles. The Morgan fingerprint density at radius 2 is 2.14 bits per heavy atom. The van der Waals surface area contributed by atoms with Gasteiger partial charge in [-0.25, -0.2) is 4.98 Å². The highest BCUT2D eigenvalue weighted by Crippen LogP contribution is 2.22. The summed E-state index contributed by atoms with van der Waals surface area (Å²) in [4.78, 5) is 25.8. The summed E-state index contributed by atoms with van der Waals surface area (Å²) >= 11 is 7.68. The Morgan fingerprint density at radius 1 is 1.39 bits per heavy atom. The van der Waals surface area contributed by atoms with E-state index in [4.69, 9.17) is 11.6 Å². The normalized spacial score (nSPS) is 15.8. The van der Waals surface area contributed by atoms with Gasteiger partial charge in [0.25, 0.3) is 5.91 Å². The van der Waals surface area contributed by atoms with Crippen LogP contribution in [0, 0.1) is 25.3 Å². The van der Waals surface area contributed by atoms with Gasteiger partial charge in [0, 0.05) is 44.8 Å². The molecule has 3 heterocycles.